The third kappa shape index (κ3) is 3.30. The van der Waals surface area contributed by atoms with E-state index in [1.54, 1.807) is 24.7 Å². The second-order valence-electron chi connectivity index (χ2n) is 4.74. The topological polar surface area (TPSA) is 95.1 Å². The van der Waals surface area contributed by atoms with E-state index in [0.29, 0.717) is 18.1 Å². The molecule has 0 spiro atoms. The lowest BCUT2D eigenvalue weighted by molar-refractivity contribution is 0.0525. The first-order valence-corrected chi connectivity index (χ1v) is 7.15. The summed E-state index contributed by atoms with van der Waals surface area (Å²) in [6.07, 6.45) is 3.62. The molecule has 3 N–H and O–H groups in total. The number of nitrogens with one attached hydrogen (secondary N) is 1. The third-order valence-corrected chi connectivity index (χ3v) is 3.44. The van der Waals surface area contributed by atoms with Crippen molar-refractivity contribution in [1.82, 2.24) is 14.8 Å². The van der Waals surface area contributed by atoms with E-state index in [2.05, 4.69) is 15.4 Å². The van der Waals surface area contributed by atoms with E-state index < -0.39 is 5.97 Å². The number of aromatic nitrogens is 3. The van der Waals surface area contributed by atoms with Crippen molar-refractivity contribution in [1.29, 1.82) is 0 Å². The minimum atomic E-state index is -0.525. The molecule has 2 rings (SSSR count). The number of nitrogens with zero attached hydrogens (tertiary/aromatic N) is 3. The number of carbonyl (C=O) groups excluding carboxylic acids is 1. The van der Waals surface area contributed by atoms with Crippen molar-refractivity contribution in [2.45, 2.75) is 20.4 Å². The van der Waals surface area contributed by atoms with Crippen molar-refractivity contribution in [2.75, 3.05) is 17.7 Å². The number of pyridine rings is 1. The van der Waals surface area contributed by atoms with Crippen molar-refractivity contribution >= 4 is 29.1 Å². The van der Waals surface area contributed by atoms with Crippen molar-refractivity contribution in [3.05, 3.63) is 34.2 Å². The van der Waals surface area contributed by atoms with Crippen LogP contribution in [0.25, 0.3) is 0 Å². The molecule has 0 aliphatic carbocycles. The molecule has 0 unspecified atom stereocenters. The third-order valence-electron chi connectivity index (χ3n) is 3.05. The fraction of sp³-hybridized carbons (Fsp3) is 0.357. The summed E-state index contributed by atoms with van der Waals surface area (Å²) >= 11 is 6.20. The fourth-order valence-corrected chi connectivity index (χ4v) is 2.31. The molecule has 0 aromatic carbocycles. The number of nitrogen functional groups attached to an aromatic ring is 1. The molecule has 0 amide bonds. The highest BCUT2D eigenvalue weighted by Gasteiger charge is 2.21. The predicted molar refractivity (Wildman–Crippen MR) is 84.9 cm³/mol. The van der Waals surface area contributed by atoms with Gasteiger partial charge in [0.05, 0.1) is 29.2 Å². The normalized spacial score (nSPS) is 10.5. The highest BCUT2D eigenvalue weighted by molar-refractivity contribution is 6.36. The van der Waals surface area contributed by atoms with E-state index in [4.69, 9.17) is 22.1 Å². The van der Waals surface area contributed by atoms with Gasteiger partial charge >= 0.3 is 5.97 Å². The number of hydrogen-bond donors (Lipinski definition) is 2. The van der Waals surface area contributed by atoms with Crippen LogP contribution in [0.4, 0.5) is 11.5 Å². The number of anilines is 2. The van der Waals surface area contributed by atoms with E-state index in [1.165, 1.54) is 0 Å². The van der Waals surface area contributed by atoms with Crippen LogP contribution in [0.5, 0.6) is 0 Å². The Kier molecular flexibility index (Phi) is 4.87. The highest BCUT2D eigenvalue weighted by Crippen LogP contribution is 2.31. The van der Waals surface area contributed by atoms with Gasteiger partial charge in [-0.25, -0.2) is 9.78 Å². The summed E-state index contributed by atoms with van der Waals surface area (Å²) in [5.41, 5.74) is 7.84. The van der Waals surface area contributed by atoms with Crippen molar-refractivity contribution in [2.24, 2.45) is 7.05 Å². The van der Waals surface area contributed by atoms with Gasteiger partial charge in [0, 0.05) is 25.4 Å². The Morgan fingerprint density at radius 3 is 2.86 bits per heavy atom. The van der Waals surface area contributed by atoms with Gasteiger partial charge in [-0.05, 0) is 13.8 Å². The van der Waals surface area contributed by atoms with Gasteiger partial charge in [-0.15, -0.1) is 0 Å². The van der Waals surface area contributed by atoms with Crippen LogP contribution >= 0.6 is 11.6 Å². The molecule has 0 aliphatic rings. The van der Waals surface area contributed by atoms with Crippen LogP contribution in [0.3, 0.4) is 0 Å². The Hall–Kier alpha value is -2.28. The predicted octanol–water partition coefficient (Wildman–Crippen LogP) is 2.15. The molecule has 2 heterocycles. The van der Waals surface area contributed by atoms with Crippen LogP contribution in [0.2, 0.25) is 5.02 Å². The van der Waals surface area contributed by atoms with Gasteiger partial charge in [0.1, 0.15) is 5.56 Å². The summed E-state index contributed by atoms with van der Waals surface area (Å²) in [5, 5.41) is 7.33. The number of aryl methyl sites for hydroxylation is 2. The van der Waals surface area contributed by atoms with Gasteiger partial charge < -0.3 is 15.8 Å². The fourth-order valence-electron chi connectivity index (χ4n) is 2.01. The van der Waals surface area contributed by atoms with Crippen molar-refractivity contribution < 1.29 is 9.53 Å². The number of carbonyl (C=O) groups is 1. The van der Waals surface area contributed by atoms with Crippen molar-refractivity contribution in [3.63, 3.8) is 0 Å². The van der Waals surface area contributed by atoms with E-state index in [1.807, 2.05) is 13.2 Å². The SMILES string of the molecule is CCOC(=O)c1c(C)nc(NCc2cnn(C)c2)c(N)c1Cl. The lowest BCUT2D eigenvalue weighted by Crippen LogP contribution is -2.13. The Morgan fingerprint density at radius 2 is 2.27 bits per heavy atom. The first kappa shape index (κ1) is 16.1. The number of nitrogens with two attached hydrogens (primary N) is 1. The molecular weight excluding hydrogens is 306 g/mol. The van der Waals surface area contributed by atoms with Gasteiger partial charge in [0.25, 0.3) is 0 Å². The Balaban J connectivity index is 2.25. The standard InChI is InChI=1S/C14H18ClN5O2/c1-4-22-14(21)10-8(2)19-13(12(16)11(10)15)17-5-9-6-18-20(3)7-9/h6-7H,4-5,16H2,1-3H3,(H,17,19). The van der Waals surface area contributed by atoms with Crippen LogP contribution in [-0.2, 0) is 18.3 Å². The molecule has 2 aromatic rings. The van der Waals surface area contributed by atoms with Gasteiger partial charge in [0.15, 0.2) is 5.82 Å². The molecular formula is C14H18ClN5O2. The maximum Gasteiger partial charge on any atom is 0.341 e. The monoisotopic (exact) mass is 323 g/mol. The summed E-state index contributed by atoms with van der Waals surface area (Å²) in [4.78, 5) is 16.2. The average molecular weight is 324 g/mol. The average Bonchev–Trinajstić information content (AvgIpc) is 2.87. The number of ether oxygens (including phenoxy) is 1. The zero-order valence-corrected chi connectivity index (χ0v) is 13.4. The zero-order chi connectivity index (χ0) is 16.3. The van der Waals surface area contributed by atoms with Gasteiger partial charge in [-0.1, -0.05) is 11.6 Å². The molecule has 118 valence electrons. The molecule has 22 heavy (non-hydrogen) atoms. The molecule has 0 saturated carbocycles. The minimum absolute atomic E-state index is 0.152. The van der Waals surface area contributed by atoms with E-state index in [0.717, 1.165) is 5.56 Å². The smallest absolute Gasteiger partial charge is 0.341 e. The quantitative estimate of drug-likeness (QED) is 0.819. The van der Waals surface area contributed by atoms with Crippen LogP contribution in [0, 0.1) is 6.92 Å². The summed E-state index contributed by atoms with van der Waals surface area (Å²) < 4.78 is 6.67. The maximum absolute atomic E-state index is 11.9. The number of rotatable bonds is 5. The molecule has 0 radical (unpaired) electrons. The maximum atomic E-state index is 11.9. The number of hydrogen-bond acceptors (Lipinski definition) is 6. The second-order valence-corrected chi connectivity index (χ2v) is 5.12. The molecule has 2 aromatic heterocycles. The molecule has 0 atom stereocenters. The summed E-state index contributed by atoms with van der Waals surface area (Å²) in [6, 6.07) is 0. The lowest BCUT2D eigenvalue weighted by atomic mass is 10.2. The van der Waals surface area contributed by atoms with Crippen LogP contribution < -0.4 is 11.1 Å². The summed E-state index contributed by atoms with van der Waals surface area (Å²) in [7, 11) is 1.84. The van der Waals surface area contributed by atoms with E-state index in [-0.39, 0.29) is 22.9 Å². The van der Waals surface area contributed by atoms with Crippen LogP contribution in [-0.4, -0.2) is 27.3 Å². The molecule has 8 heteroatoms. The second kappa shape index (κ2) is 6.65. The number of esters is 1. The zero-order valence-electron chi connectivity index (χ0n) is 12.7. The van der Waals surface area contributed by atoms with E-state index >= 15 is 0 Å². The largest absolute Gasteiger partial charge is 0.462 e. The molecule has 0 bridgehead atoms. The summed E-state index contributed by atoms with van der Waals surface area (Å²) in [5.74, 6) is -0.0950. The Bertz CT molecular complexity index is 699. The van der Waals surface area contributed by atoms with Gasteiger partial charge in [-0.2, -0.15) is 5.10 Å². The van der Waals surface area contributed by atoms with Crippen LogP contribution in [0.1, 0.15) is 28.5 Å². The number of halogens is 1. The van der Waals surface area contributed by atoms with Gasteiger partial charge in [0.2, 0.25) is 0 Å². The van der Waals surface area contributed by atoms with Crippen LogP contribution in [0.15, 0.2) is 12.4 Å². The molecule has 0 aliphatic heterocycles. The molecule has 0 fully saturated rings. The highest BCUT2D eigenvalue weighted by atomic mass is 35.5. The molecule has 0 saturated heterocycles. The molecule has 7 nitrogen and oxygen atoms in total. The lowest BCUT2D eigenvalue weighted by Gasteiger charge is -2.14. The Morgan fingerprint density at radius 1 is 1.55 bits per heavy atom. The summed E-state index contributed by atoms with van der Waals surface area (Å²) in [6.45, 7) is 4.17. The first-order valence-electron chi connectivity index (χ1n) is 6.78. The van der Waals surface area contributed by atoms with Crippen molar-refractivity contribution in [3.8, 4) is 0 Å². The van der Waals surface area contributed by atoms with E-state index in [9.17, 15) is 4.79 Å². The van der Waals surface area contributed by atoms with Gasteiger partial charge in [-0.3, -0.25) is 4.68 Å². The Labute approximate surface area is 133 Å². The minimum Gasteiger partial charge on any atom is -0.462 e. The first-order chi connectivity index (χ1) is 10.4.